The van der Waals surface area contributed by atoms with Crippen LogP contribution >= 0.6 is 0 Å². The molecule has 0 heterocycles. The van der Waals surface area contributed by atoms with Crippen molar-refractivity contribution in [3.05, 3.63) is 29.3 Å². The Morgan fingerprint density at radius 3 is 2.00 bits per heavy atom. The van der Waals surface area contributed by atoms with Crippen molar-refractivity contribution >= 4 is 0 Å². The highest BCUT2D eigenvalue weighted by atomic mass is 19.4. The molecule has 0 aliphatic heterocycles. The third kappa shape index (κ3) is 3.26. The maximum atomic E-state index is 12.1. The number of hydrogen-bond acceptors (Lipinski definition) is 2. The van der Waals surface area contributed by atoms with Crippen LogP contribution in [0.1, 0.15) is 11.1 Å². The first-order chi connectivity index (χ1) is 6.41. The monoisotopic (exact) mass is 208 g/mol. The molecule has 0 radical (unpaired) electrons. The lowest BCUT2D eigenvalue weighted by Crippen LogP contribution is -2.06. The van der Waals surface area contributed by atoms with Crippen LogP contribution in [0.5, 0.6) is 5.75 Å². The molecule has 14 heavy (non-hydrogen) atoms. The van der Waals surface area contributed by atoms with Crippen molar-refractivity contribution in [2.24, 2.45) is 0 Å². The van der Waals surface area contributed by atoms with E-state index in [9.17, 15) is 13.2 Å². The summed E-state index contributed by atoms with van der Waals surface area (Å²) in [7, 11) is 1.00. The smallest absolute Gasteiger partial charge is 0.416 e. The summed E-state index contributed by atoms with van der Waals surface area (Å²) in [4.78, 5) is 0. The number of halogens is 3. The fourth-order valence-electron chi connectivity index (χ4n) is 0.966. The number of rotatable bonds is 0. The third-order valence-corrected chi connectivity index (χ3v) is 1.52. The molecule has 0 fully saturated rings. The average Bonchev–Trinajstić information content (AvgIpc) is 2.05. The number of hydrogen-bond donors (Lipinski definition) is 2. The molecule has 0 aliphatic rings. The van der Waals surface area contributed by atoms with Gasteiger partial charge in [0.15, 0.2) is 0 Å². The fraction of sp³-hybridized carbons (Fsp3) is 0.333. The summed E-state index contributed by atoms with van der Waals surface area (Å²) < 4.78 is 36.3. The molecule has 0 unspecified atom stereocenters. The normalized spacial score (nSPS) is 10.4. The van der Waals surface area contributed by atoms with Gasteiger partial charge in [0.05, 0.1) is 5.56 Å². The minimum atomic E-state index is -4.34. The Hall–Kier alpha value is -1.23. The Kier molecular flexibility index (Phi) is 4.43. The molecule has 1 rings (SSSR count). The second-order valence-corrected chi connectivity index (χ2v) is 2.50. The third-order valence-electron chi connectivity index (χ3n) is 1.52. The van der Waals surface area contributed by atoms with E-state index in [0.29, 0.717) is 0 Å². The van der Waals surface area contributed by atoms with Gasteiger partial charge in [0.1, 0.15) is 5.75 Å². The summed E-state index contributed by atoms with van der Waals surface area (Å²) in [5, 5.41) is 15.8. The van der Waals surface area contributed by atoms with Crippen LogP contribution in [0.2, 0.25) is 0 Å². The van der Waals surface area contributed by atoms with E-state index >= 15 is 0 Å². The summed E-state index contributed by atoms with van der Waals surface area (Å²) in [5.74, 6) is -0.152. The van der Waals surface area contributed by atoms with Crippen molar-refractivity contribution in [2.45, 2.75) is 13.1 Å². The number of alkyl halides is 3. The van der Waals surface area contributed by atoms with Gasteiger partial charge in [0.2, 0.25) is 0 Å². The predicted octanol–water partition coefficient (Wildman–Crippen LogP) is 2.33. The Morgan fingerprint density at radius 1 is 1.14 bits per heavy atom. The largest absolute Gasteiger partial charge is 0.508 e. The number of aryl methyl sites for hydroxylation is 1. The summed E-state index contributed by atoms with van der Waals surface area (Å²) in [6.45, 7) is 1.31. The lowest BCUT2D eigenvalue weighted by Gasteiger charge is -2.09. The molecule has 5 heteroatoms. The first-order valence-corrected chi connectivity index (χ1v) is 3.73. The van der Waals surface area contributed by atoms with Gasteiger partial charge in [0, 0.05) is 7.11 Å². The zero-order valence-corrected chi connectivity index (χ0v) is 7.76. The fourth-order valence-corrected chi connectivity index (χ4v) is 0.966. The first-order valence-electron chi connectivity index (χ1n) is 3.73. The standard InChI is InChI=1S/C8H7F3O.CH4O/c1-5-4-6(12)2-3-7(5)8(9,10)11;1-2/h2-4,12H,1H3;2H,1H3. The van der Waals surface area contributed by atoms with Gasteiger partial charge in [-0.15, -0.1) is 0 Å². The molecule has 0 atom stereocenters. The van der Waals surface area contributed by atoms with E-state index in [1.165, 1.54) is 6.92 Å². The van der Waals surface area contributed by atoms with Crippen molar-refractivity contribution < 1.29 is 23.4 Å². The van der Waals surface area contributed by atoms with Crippen LogP contribution in [0.25, 0.3) is 0 Å². The van der Waals surface area contributed by atoms with Crippen LogP contribution in [0.15, 0.2) is 18.2 Å². The molecule has 2 N–H and O–H groups in total. The van der Waals surface area contributed by atoms with Gasteiger partial charge in [-0.3, -0.25) is 0 Å². The van der Waals surface area contributed by atoms with E-state index in [0.717, 1.165) is 25.3 Å². The zero-order valence-electron chi connectivity index (χ0n) is 7.76. The summed E-state index contributed by atoms with van der Waals surface area (Å²) in [6.07, 6.45) is -4.34. The van der Waals surface area contributed by atoms with Crippen LogP contribution in [0.3, 0.4) is 0 Å². The Labute approximate surface area is 79.6 Å². The first kappa shape index (κ1) is 12.8. The molecule has 1 aromatic rings. The Bertz CT molecular complexity index is 295. The van der Waals surface area contributed by atoms with E-state index in [4.69, 9.17) is 10.2 Å². The molecule has 0 saturated heterocycles. The van der Waals surface area contributed by atoms with E-state index < -0.39 is 11.7 Å². The van der Waals surface area contributed by atoms with Gasteiger partial charge < -0.3 is 10.2 Å². The molecule has 0 aliphatic carbocycles. The molecular formula is C9H11F3O2. The van der Waals surface area contributed by atoms with Crippen molar-refractivity contribution in [1.29, 1.82) is 0 Å². The second kappa shape index (κ2) is 4.85. The average molecular weight is 208 g/mol. The number of aromatic hydroxyl groups is 1. The molecule has 0 saturated carbocycles. The van der Waals surface area contributed by atoms with Crippen molar-refractivity contribution in [1.82, 2.24) is 0 Å². The van der Waals surface area contributed by atoms with E-state index in [-0.39, 0.29) is 11.3 Å². The highest BCUT2D eigenvalue weighted by molar-refractivity contribution is 5.35. The lowest BCUT2D eigenvalue weighted by molar-refractivity contribution is -0.138. The molecule has 0 aromatic heterocycles. The molecule has 0 spiro atoms. The van der Waals surface area contributed by atoms with E-state index in [1.54, 1.807) is 0 Å². The summed E-state index contributed by atoms with van der Waals surface area (Å²) in [6, 6.07) is 2.98. The van der Waals surface area contributed by atoms with Gasteiger partial charge in [-0.25, -0.2) is 0 Å². The summed E-state index contributed by atoms with van der Waals surface area (Å²) >= 11 is 0. The van der Waals surface area contributed by atoms with Gasteiger partial charge in [-0.05, 0) is 30.7 Å². The number of aliphatic hydroxyl groups excluding tert-OH is 1. The number of aliphatic hydroxyl groups is 1. The van der Waals surface area contributed by atoms with Gasteiger partial charge in [-0.1, -0.05) is 0 Å². The molecule has 2 nitrogen and oxygen atoms in total. The number of benzene rings is 1. The Balaban J connectivity index is 0.000000791. The second-order valence-electron chi connectivity index (χ2n) is 2.50. The van der Waals surface area contributed by atoms with Crippen molar-refractivity contribution in [2.75, 3.05) is 7.11 Å². The van der Waals surface area contributed by atoms with Gasteiger partial charge in [-0.2, -0.15) is 13.2 Å². The van der Waals surface area contributed by atoms with Crippen LogP contribution in [0.4, 0.5) is 13.2 Å². The van der Waals surface area contributed by atoms with Gasteiger partial charge >= 0.3 is 6.18 Å². The van der Waals surface area contributed by atoms with Crippen molar-refractivity contribution in [3.63, 3.8) is 0 Å². The lowest BCUT2D eigenvalue weighted by atomic mass is 10.1. The van der Waals surface area contributed by atoms with Crippen molar-refractivity contribution in [3.8, 4) is 5.75 Å². The topological polar surface area (TPSA) is 40.5 Å². The van der Waals surface area contributed by atoms with E-state index in [1.807, 2.05) is 0 Å². The van der Waals surface area contributed by atoms with Crippen LogP contribution in [0, 0.1) is 6.92 Å². The predicted molar refractivity (Wildman–Crippen MR) is 46.0 cm³/mol. The zero-order chi connectivity index (χ0) is 11.4. The molecule has 80 valence electrons. The molecule has 0 bridgehead atoms. The van der Waals surface area contributed by atoms with Crippen LogP contribution < -0.4 is 0 Å². The minimum absolute atomic E-state index is 0.0301. The maximum Gasteiger partial charge on any atom is 0.416 e. The van der Waals surface area contributed by atoms with E-state index in [2.05, 4.69) is 0 Å². The van der Waals surface area contributed by atoms with Gasteiger partial charge in [0.25, 0.3) is 0 Å². The number of phenols is 1. The molecular weight excluding hydrogens is 197 g/mol. The molecule has 1 aromatic carbocycles. The number of phenolic OH excluding ortho intramolecular Hbond substituents is 1. The minimum Gasteiger partial charge on any atom is -0.508 e. The highest BCUT2D eigenvalue weighted by Gasteiger charge is 2.31. The van der Waals surface area contributed by atoms with Crippen LogP contribution in [-0.2, 0) is 6.18 Å². The maximum absolute atomic E-state index is 12.1. The highest BCUT2D eigenvalue weighted by Crippen LogP contribution is 2.32. The SMILES string of the molecule is CO.Cc1cc(O)ccc1C(F)(F)F. The quantitative estimate of drug-likeness (QED) is 0.686. The summed E-state index contributed by atoms with van der Waals surface area (Å²) in [5.41, 5.74) is -0.678. The Morgan fingerprint density at radius 2 is 1.64 bits per heavy atom. The molecule has 0 amide bonds. The van der Waals surface area contributed by atoms with Crippen LogP contribution in [-0.4, -0.2) is 17.3 Å².